The third-order valence-corrected chi connectivity index (χ3v) is 5.46. The lowest BCUT2D eigenvalue weighted by Crippen LogP contribution is -2.49. The first-order chi connectivity index (χ1) is 11.6. The number of hydrogen-bond acceptors (Lipinski definition) is 6. The Morgan fingerprint density at radius 2 is 2.04 bits per heavy atom. The van der Waals surface area contributed by atoms with E-state index in [1.807, 2.05) is 16.3 Å². The maximum Gasteiger partial charge on any atom is 0.308 e. The summed E-state index contributed by atoms with van der Waals surface area (Å²) in [6.07, 6.45) is 3.91. The van der Waals surface area contributed by atoms with E-state index in [1.54, 1.807) is 0 Å². The molecule has 2 N–H and O–H groups in total. The van der Waals surface area contributed by atoms with Gasteiger partial charge in [0.05, 0.1) is 17.2 Å². The first-order valence-corrected chi connectivity index (χ1v) is 8.96. The zero-order valence-corrected chi connectivity index (χ0v) is 13.8. The van der Waals surface area contributed by atoms with Crippen molar-refractivity contribution in [3.8, 4) is 0 Å². The van der Waals surface area contributed by atoms with Crippen LogP contribution < -0.4 is 10.2 Å². The van der Waals surface area contributed by atoms with Crippen LogP contribution in [0.1, 0.15) is 19.3 Å². The fourth-order valence-electron chi connectivity index (χ4n) is 3.22. The Bertz CT molecular complexity index is 788. The van der Waals surface area contributed by atoms with Gasteiger partial charge in [0.1, 0.15) is 17.0 Å². The first-order valence-electron chi connectivity index (χ1n) is 8.08. The van der Waals surface area contributed by atoms with Crippen LogP contribution in [0.3, 0.4) is 0 Å². The molecule has 3 heterocycles. The minimum Gasteiger partial charge on any atom is -0.481 e. The van der Waals surface area contributed by atoms with Crippen molar-refractivity contribution in [1.29, 1.82) is 0 Å². The van der Waals surface area contributed by atoms with Crippen LogP contribution in [0.15, 0.2) is 17.8 Å². The standard InChI is InChI=1S/C16H18N4O3S/c21-14(19-11-1-2-11)9-5-10(16(22)23)7-20(6-9)13-12-3-4-24-15(12)18-8-17-13/h3-4,8-11H,1-2,5-7H2,(H,19,21)(H,22,23)/t9-,10+/m1/s1. The summed E-state index contributed by atoms with van der Waals surface area (Å²) in [5.74, 6) is -1.08. The molecule has 1 aliphatic carbocycles. The lowest BCUT2D eigenvalue weighted by Gasteiger charge is -2.36. The van der Waals surface area contributed by atoms with Crippen LogP contribution in [0, 0.1) is 11.8 Å². The molecule has 1 saturated carbocycles. The number of thiophene rings is 1. The monoisotopic (exact) mass is 346 g/mol. The Morgan fingerprint density at radius 3 is 2.79 bits per heavy atom. The van der Waals surface area contributed by atoms with Crippen LogP contribution in [0.4, 0.5) is 5.82 Å². The molecule has 0 unspecified atom stereocenters. The number of rotatable bonds is 4. The summed E-state index contributed by atoms with van der Waals surface area (Å²) in [4.78, 5) is 35.4. The van der Waals surface area contributed by atoms with Gasteiger partial charge in [-0.1, -0.05) is 0 Å². The quantitative estimate of drug-likeness (QED) is 0.871. The number of anilines is 1. The van der Waals surface area contributed by atoms with E-state index in [0.29, 0.717) is 19.5 Å². The van der Waals surface area contributed by atoms with Crippen molar-refractivity contribution < 1.29 is 14.7 Å². The summed E-state index contributed by atoms with van der Waals surface area (Å²) >= 11 is 1.52. The fourth-order valence-corrected chi connectivity index (χ4v) is 3.94. The Morgan fingerprint density at radius 1 is 1.25 bits per heavy atom. The van der Waals surface area contributed by atoms with Crippen molar-refractivity contribution in [1.82, 2.24) is 15.3 Å². The number of aliphatic carboxylic acids is 1. The summed E-state index contributed by atoms with van der Waals surface area (Å²) in [6.45, 7) is 0.856. The van der Waals surface area contributed by atoms with E-state index in [4.69, 9.17) is 0 Å². The molecular weight excluding hydrogens is 328 g/mol. The minimum atomic E-state index is -0.862. The highest BCUT2D eigenvalue weighted by Gasteiger charge is 2.37. The van der Waals surface area contributed by atoms with Crippen LogP contribution in [-0.4, -0.2) is 46.1 Å². The number of amides is 1. The summed E-state index contributed by atoms with van der Waals surface area (Å²) < 4.78 is 0. The Hall–Kier alpha value is -2.22. The number of piperidine rings is 1. The zero-order valence-electron chi connectivity index (χ0n) is 13.0. The number of hydrogen-bond donors (Lipinski definition) is 2. The number of carbonyl (C=O) groups excluding carboxylic acids is 1. The van der Waals surface area contributed by atoms with Gasteiger partial charge in [-0.2, -0.15) is 0 Å². The number of carboxylic acids is 1. The molecule has 1 saturated heterocycles. The maximum atomic E-state index is 12.4. The van der Waals surface area contributed by atoms with E-state index >= 15 is 0 Å². The second-order valence-corrected chi connectivity index (χ2v) is 7.39. The van der Waals surface area contributed by atoms with Crippen molar-refractivity contribution in [2.45, 2.75) is 25.3 Å². The van der Waals surface area contributed by atoms with Gasteiger partial charge in [0.2, 0.25) is 5.91 Å². The molecule has 1 aliphatic heterocycles. The number of aromatic nitrogens is 2. The first kappa shape index (κ1) is 15.3. The van der Waals surface area contributed by atoms with Crippen LogP contribution in [0.25, 0.3) is 10.2 Å². The molecule has 2 fully saturated rings. The molecule has 4 rings (SSSR count). The SMILES string of the molecule is O=C(O)[C@H]1C[C@@H](C(=O)NC2CC2)CN(c2ncnc3sccc23)C1. The van der Waals surface area contributed by atoms with E-state index in [2.05, 4.69) is 15.3 Å². The fraction of sp³-hybridized carbons (Fsp3) is 0.500. The average Bonchev–Trinajstić information content (AvgIpc) is 3.26. The van der Waals surface area contributed by atoms with Gasteiger partial charge in [-0.15, -0.1) is 11.3 Å². The Balaban J connectivity index is 1.62. The lowest BCUT2D eigenvalue weighted by atomic mass is 9.88. The number of fused-ring (bicyclic) bond motifs is 1. The van der Waals surface area contributed by atoms with Crippen molar-refractivity contribution in [3.63, 3.8) is 0 Å². The summed E-state index contributed by atoms with van der Waals surface area (Å²) in [5, 5.41) is 15.3. The molecule has 2 aliphatic rings. The van der Waals surface area contributed by atoms with Gasteiger partial charge >= 0.3 is 5.97 Å². The van der Waals surface area contributed by atoms with E-state index in [0.717, 1.165) is 28.9 Å². The molecule has 8 heteroatoms. The molecule has 2 atom stereocenters. The molecule has 0 radical (unpaired) electrons. The number of nitrogens with zero attached hydrogens (tertiary/aromatic N) is 3. The number of nitrogens with one attached hydrogen (secondary N) is 1. The normalized spacial score (nSPS) is 24.1. The molecule has 7 nitrogen and oxygen atoms in total. The van der Waals surface area contributed by atoms with E-state index in [9.17, 15) is 14.7 Å². The van der Waals surface area contributed by atoms with E-state index in [1.165, 1.54) is 17.7 Å². The molecule has 2 aromatic heterocycles. The molecule has 24 heavy (non-hydrogen) atoms. The van der Waals surface area contributed by atoms with E-state index < -0.39 is 11.9 Å². The van der Waals surface area contributed by atoms with E-state index in [-0.39, 0.29) is 17.9 Å². The van der Waals surface area contributed by atoms with Gasteiger partial charge < -0.3 is 15.3 Å². The zero-order chi connectivity index (χ0) is 16.7. The van der Waals surface area contributed by atoms with Gasteiger partial charge in [0, 0.05) is 19.1 Å². The third kappa shape index (κ3) is 2.93. The van der Waals surface area contributed by atoms with Crippen molar-refractivity contribution in [2.24, 2.45) is 11.8 Å². The highest BCUT2D eigenvalue weighted by molar-refractivity contribution is 7.16. The van der Waals surface area contributed by atoms with Crippen molar-refractivity contribution in [3.05, 3.63) is 17.8 Å². The van der Waals surface area contributed by atoms with Crippen LogP contribution in [0.2, 0.25) is 0 Å². The average molecular weight is 346 g/mol. The maximum absolute atomic E-state index is 12.4. The smallest absolute Gasteiger partial charge is 0.308 e. The molecule has 1 amide bonds. The largest absolute Gasteiger partial charge is 0.481 e. The molecule has 2 aromatic rings. The van der Waals surface area contributed by atoms with Crippen LogP contribution in [-0.2, 0) is 9.59 Å². The van der Waals surface area contributed by atoms with Gasteiger partial charge in [0.15, 0.2) is 0 Å². The number of carboxylic acid groups (broad SMARTS) is 1. The van der Waals surface area contributed by atoms with Gasteiger partial charge in [-0.3, -0.25) is 9.59 Å². The highest BCUT2D eigenvalue weighted by atomic mass is 32.1. The number of carbonyl (C=O) groups is 2. The second-order valence-electron chi connectivity index (χ2n) is 6.49. The summed E-state index contributed by atoms with van der Waals surface area (Å²) in [7, 11) is 0. The molecular formula is C16H18N4O3S. The summed E-state index contributed by atoms with van der Waals surface area (Å²) in [5.41, 5.74) is 0. The predicted octanol–water partition coefficient (Wildman–Crippen LogP) is 1.50. The van der Waals surface area contributed by atoms with Gasteiger partial charge in [-0.05, 0) is 30.7 Å². The van der Waals surface area contributed by atoms with Crippen LogP contribution in [0.5, 0.6) is 0 Å². The Kier molecular flexibility index (Phi) is 3.84. The minimum absolute atomic E-state index is 0.0379. The van der Waals surface area contributed by atoms with Crippen molar-refractivity contribution >= 4 is 39.2 Å². The summed E-state index contributed by atoms with van der Waals surface area (Å²) in [6, 6.07) is 2.22. The molecule has 126 valence electrons. The van der Waals surface area contributed by atoms with Crippen LogP contribution >= 0.6 is 11.3 Å². The molecule has 0 spiro atoms. The highest BCUT2D eigenvalue weighted by Crippen LogP contribution is 2.32. The van der Waals surface area contributed by atoms with Gasteiger partial charge in [0.25, 0.3) is 0 Å². The second kappa shape index (κ2) is 6.01. The third-order valence-electron chi connectivity index (χ3n) is 4.63. The van der Waals surface area contributed by atoms with Gasteiger partial charge in [-0.25, -0.2) is 9.97 Å². The Labute approximate surface area is 142 Å². The molecule has 0 bridgehead atoms. The topological polar surface area (TPSA) is 95.4 Å². The molecule has 0 aromatic carbocycles. The predicted molar refractivity (Wildman–Crippen MR) is 90.0 cm³/mol. The lowest BCUT2D eigenvalue weighted by molar-refractivity contribution is -0.143. The van der Waals surface area contributed by atoms with Crippen molar-refractivity contribution in [2.75, 3.05) is 18.0 Å².